The molecule has 106 valence electrons. The van der Waals surface area contributed by atoms with Crippen LogP contribution in [-0.2, 0) is 14.8 Å². The number of amides is 1. The Balaban J connectivity index is 2.91. The highest BCUT2D eigenvalue weighted by Gasteiger charge is 2.11. The molecular weight excluding hydrogens is 275 g/mol. The number of hydrogen-bond donors (Lipinski definition) is 2. The van der Waals surface area contributed by atoms with Gasteiger partial charge in [0.15, 0.2) is 0 Å². The molecule has 0 aliphatic carbocycles. The van der Waals surface area contributed by atoms with Crippen LogP contribution in [0.4, 0.5) is 20.6 Å². The van der Waals surface area contributed by atoms with E-state index < -0.39 is 21.9 Å². The Morgan fingerprint density at radius 2 is 2.05 bits per heavy atom. The molecule has 0 unspecified atom stereocenters. The van der Waals surface area contributed by atoms with Crippen LogP contribution >= 0.6 is 0 Å². The normalized spacial score (nSPS) is 10.9. The van der Waals surface area contributed by atoms with Crippen LogP contribution in [0, 0.1) is 5.82 Å². The highest BCUT2D eigenvalue weighted by molar-refractivity contribution is 7.92. The van der Waals surface area contributed by atoms with E-state index >= 15 is 0 Å². The van der Waals surface area contributed by atoms with Crippen molar-refractivity contribution >= 4 is 27.5 Å². The van der Waals surface area contributed by atoms with Crippen LogP contribution in [0.5, 0.6) is 0 Å². The number of halogens is 1. The highest BCUT2D eigenvalue weighted by Crippen LogP contribution is 2.20. The smallest absolute Gasteiger partial charge is 0.411 e. The van der Waals surface area contributed by atoms with Gasteiger partial charge < -0.3 is 4.74 Å². The summed E-state index contributed by atoms with van der Waals surface area (Å²) in [6, 6.07) is 3.49. The summed E-state index contributed by atoms with van der Waals surface area (Å²) in [7, 11) is -3.46. The molecule has 1 aromatic carbocycles. The van der Waals surface area contributed by atoms with Crippen LogP contribution in [0.3, 0.4) is 0 Å². The van der Waals surface area contributed by atoms with Crippen molar-refractivity contribution in [2.45, 2.75) is 13.8 Å². The maximum Gasteiger partial charge on any atom is 0.411 e. The number of carbonyl (C=O) groups is 1. The van der Waals surface area contributed by atoms with Gasteiger partial charge in [-0.1, -0.05) is 0 Å². The zero-order chi connectivity index (χ0) is 14.5. The van der Waals surface area contributed by atoms with Crippen molar-refractivity contribution in [3.63, 3.8) is 0 Å². The van der Waals surface area contributed by atoms with E-state index in [1.807, 2.05) is 0 Å². The quantitative estimate of drug-likeness (QED) is 0.870. The summed E-state index contributed by atoms with van der Waals surface area (Å²) < 4.78 is 43.0. The van der Waals surface area contributed by atoms with Crippen molar-refractivity contribution < 1.29 is 22.3 Å². The molecule has 0 aliphatic rings. The van der Waals surface area contributed by atoms with Crippen molar-refractivity contribution in [2.75, 3.05) is 22.4 Å². The molecule has 0 heterocycles. The van der Waals surface area contributed by atoms with Crippen molar-refractivity contribution in [2.24, 2.45) is 0 Å². The first-order valence-corrected chi connectivity index (χ1v) is 7.27. The molecule has 0 bridgehead atoms. The van der Waals surface area contributed by atoms with Gasteiger partial charge in [-0.2, -0.15) is 0 Å². The lowest BCUT2D eigenvalue weighted by molar-refractivity contribution is 0.168. The van der Waals surface area contributed by atoms with Gasteiger partial charge in [-0.05, 0) is 32.0 Å². The molecule has 19 heavy (non-hydrogen) atoms. The molecule has 0 saturated carbocycles. The van der Waals surface area contributed by atoms with Crippen LogP contribution in [0.15, 0.2) is 18.2 Å². The third-order valence-corrected chi connectivity index (χ3v) is 3.44. The van der Waals surface area contributed by atoms with Gasteiger partial charge in [0, 0.05) is 0 Å². The second kappa shape index (κ2) is 6.37. The molecule has 0 atom stereocenters. The lowest BCUT2D eigenvalue weighted by Gasteiger charge is -2.10. The third-order valence-electron chi connectivity index (χ3n) is 2.13. The summed E-state index contributed by atoms with van der Waals surface area (Å²) in [6.07, 6.45) is -0.808. The monoisotopic (exact) mass is 290 g/mol. The molecule has 0 fully saturated rings. The number of hydrogen-bond acceptors (Lipinski definition) is 4. The van der Waals surface area contributed by atoms with Gasteiger partial charge in [-0.15, -0.1) is 0 Å². The Morgan fingerprint density at radius 3 is 2.63 bits per heavy atom. The number of anilines is 2. The predicted octanol–water partition coefficient (Wildman–Crippen LogP) is 2.16. The van der Waals surface area contributed by atoms with Crippen LogP contribution in [-0.4, -0.2) is 26.9 Å². The lowest BCUT2D eigenvalue weighted by atomic mass is 10.3. The van der Waals surface area contributed by atoms with Crippen molar-refractivity contribution in [3.05, 3.63) is 24.0 Å². The Labute approximate surface area is 111 Å². The summed E-state index contributed by atoms with van der Waals surface area (Å²) in [4.78, 5) is 11.2. The van der Waals surface area contributed by atoms with E-state index in [1.54, 1.807) is 6.92 Å². The van der Waals surface area contributed by atoms with Gasteiger partial charge in [0.1, 0.15) is 5.82 Å². The zero-order valence-corrected chi connectivity index (χ0v) is 11.4. The average molecular weight is 290 g/mol. The van der Waals surface area contributed by atoms with Gasteiger partial charge >= 0.3 is 6.09 Å². The van der Waals surface area contributed by atoms with E-state index in [2.05, 4.69) is 14.8 Å². The number of sulfonamides is 1. The lowest BCUT2D eigenvalue weighted by Crippen LogP contribution is -2.16. The molecule has 0 aromatic heterocycles. The zero-order valence-electron chi connectivity index (χ0n) is 10.6. The first kappa shape index (κ1) is 15.2. The van der Waals surface area contributed by atoms with Crippen LogP contribution in [0.25, 0.3) is 0 Å². The Morgan fingerprint density at radius 1 is 1.37 bits per heavy atom. The van der Waals surface area contributed by atoms with Crippen LogP contribution < -0.4 is 10.0 Å². The number of benzene rings is 1. The summed E-state index contributed by atoms with van der Waals surface area (Å²) in [5, 5.41) is 2.18. The largest absolute Gasteiger partial charge is 0.450 e. The van der Waals surface area contributed by atoms with Gasteiger partial charge in [-0.3, -0.25) is 10.0 Å². The fourth-order valence-corrected chi connectivity index (χ4v) is 1.84. The average Bonchev–Trinajstić information content (AvgIpc) is 2.33. The molecule has 0 aliphatic heterocycles. The molecule has 0 radical (unpaired) electrons. The second-order valence-electron chi connectivity index (χ2n) is 3.55. The van der Waals surface area contributed by atoms with E-state index in [0.717, 1.165) is 6.07 Å². The van der Waals surface area contributed by atoms with E-state index in [4.69, 9.17) is 0 Å². The molecule has 0 spiro atoms. The summed E-state index contributed by atoms with van der Waals surface area (Å²) >= 11 is 0. The Kier molecular flexibility index (Phi) is 5.11. The number of rotatable bonds is 5. The van der Waals surface area contributed by atoms with Crippen molar-refractivity contribution in [1.82, 2.24) is 0 Å². The van der Waals surface area contributed by atoms with Gasteiger partial charge in [-0.25, -0.2) is 17.6 Å². The van der Waals surface area contributed by atoms with E-state index in [9.17, 15) is 17.6 Å². The molecule has 1 amide bonds. The fraction of sp³-hybridized carbons (Fsp3) is 0.364. The minimum Gasteiger partial charge on any atom is -0.450 e. The molecule has 2 N–H and O–H groups in total. The summed E-state index contributed by atoms with van der Waals surface area (Å²) in [6.45, 7) is 3.24. The number of carbonyl (C=O) groups excluding carboxylic acids is 1. The number of nitrogens with one attached hydrogen (secondary N) is 2. The Bertz CT molecular complexity index is 560. The third kappa shape index (κ3) is 4.74. The molecular formula is C11H15FN2O4S. The van der Waals surface area contributed by atoms with Crippen molar-refractivity contribution in [1.29, 1.82) is 0 Å². The van der Waals surface area contributed by atoms with Gasteiger partial charge in [0.2, 0.25) is 10.0 Å². The maximum absolute atomic E-state index is 13.4. The highest BCUT2D eigenvalue weighted by atomic mass is 32.2. The second-order valence-corrected chi connectivity index (χ2v) is 5.56. The number of ether oxygens (including phenoxy) is 1. The first-order valence-electron chi connectivity index (χ1n) is 5.61. The topological polar surface area (TPSA) is 84.5 Å². The predicted molar refractivity (Wildman–Crippen MR) is 70.1 cm³/mol. The Hall–Kier alpha value is -1.83. The molecule has 8 heteroatoms. The van der Waals surface area contributed by atoms with E-state index in [0.29, 0.717) is 0 Å². The minimum absolute atomic E-state index is 0.106. The molecule has 1 aromatic rings. The summed E-state index contributed by atoms with van der Waals surface area (Å²) in [5.41, 5.74) is 0.00445. The SMILES string of the molecule is CCOC(=O)Nc1cc(NS(=O)(=O)CC)ccc1F. The van der Waals surface area contributed by atoms with Gasteiger partial charge in [0.05, 0.1) is 23.7 Å². The molecule has 1 rings (SSSR count). The molecule has 0 saturated heterocycles. The van der Waals surface area contributed by atoms with Gasteiger partial charge in [0.25, 0.3) is 0 Å². The fourth-order valence-electron chi connectivity index (χ4n) is 1.21. The van der Waals surface area contributed by atoms with Crippen molar-refractivity contribution in [3.8, 4) is 0 Å². The standard InChI is InChI=1S/C11H15FN2O4S/c1-3-18-11(15)13-10-7-8(5-6-9(10)12)14-19(16,17)4-2/h5-7,14H,3-4H2,1-2H3,(H,13,15). The van der Waals surface area contributed by atoms with Crippen LogP contribution in [0.2, 0.25) is 0 Å². The van der Waals surface area contributed by atoms with E-state index in [1.165, 1.54) is 19.1 Å². The maximum atomic E-state index is 13.4. The molecule has 6 nitrogen and oxygen atoms in total. The van der Waals surface area contributed by atoms with E-state index in [-0.39, 0.29) is 23.7 Å². The first-order chi connectivity index (χ1) is 8.88. The minimum atomic E-state index is -3.46. The van der Waals surface area contributed by atoms with Crippen LogP contribution in [0.1, 0.15) is 13.8 Å². The summed E-state index contributed by atoms with van der Waals surface area (Å²) in [5.74, 6) is -0.794.